The number of nitrogens with zero attached hydrogens (tertiary/aromatic N) is 2. The Morgan fingerprint density at radius 2 is 2.31 bits per heavy atom. The molecule has 0 aromatic rings. The van der Waals surface area contributed by atoms with Crippen molar-refractivity contribution < 1.29 is 9.94 Å². The van der Waals surface area contributed by atoms with E-state index in [-0.39, 0.29) is 5.84 Å². The van der Waals surface area contributed by atoms with E-state index in [1.807, 2.05) is 6.92 Å². The molecule has 0 spiro atoms. The van der Waals surface area contributed by atoms with E-state index in [2.05, 4.69) is 10.1 Å². The predicted octanol–water partition coefficient (Wildman–Crippen LogP) is 0.0912. The first-order valence-corrected chi connectivity index (χ1v) is 4.42. The van der Waals surface area contributed by atoms with Gasteiger partial charge in [0.25, 0.3) is 0 Å². The molecule has 0 aliphatic rings. The van der Waals surface area contributed by atoms with E-state index in [4.69, 9.17) is 15.7 Å². The van der Waals surface area contributed by atoms with E-state index in [1.54, 1.807) is 7.11 Å². The van der Waals surface area contributed by atoms with Crippen LogP contribution in [0.3, 0.4) is 0 Å². The van der Waals surface area contributed by atoms with Crippen molar-refractivity contribution in [1.82, 2.24) is 4.90 Å². The van der Waals surface area contributed by atoms with Crippen molar-refractivity contribution in [1.29, 1.82) is 0 Å². The van der Waals surface area contributed by atoms with Gasteiger partial charge in [0.15, 0.2) is 5.84 Å². The molecule has 0 aromatic carbocycles. The monoisotopic (exact) mass is 189 g/mol. The van der Waals surface area contributed by atoms with Gasteiger partial charge in [0, 0.05) is 20.3 Å². The first kappa shape index (κ1) is 12.2. The summed E-state index contributed by atoms with van der Waals surface area (Å²) in [5.74, 6) is 0.249. The van der Waals surface area contributed by atoms with Crippen molar-refractivity contribution in [2.75, 3.05) is 33.4 Å². The fourth-order valence-corrected chi connectivity index (χ4v) is 1.04. The Kier molecular flexibility index (Phi) is 7.33. The number of hydrogen-bond donors (Lipinski definition) is 2. The minimum Gasteiger partial charge on any atom is -0.409 e. The Labute approximate surface area is 79.2 Å². The molecule has 0 aliphatic carbocycles. The molecule has 0 radical (unpaired) electrons. The highest BCUT2D eigenvalue weighted by atomic mass is 16.5. The fourth-order valence-electron chi connectivity index (χ4n) is 1.04. The third-order valence-corrected chi connectivity index (χ3v) is 1.78. The van der Waals surface area contributed by atoms with Crippen LogP contribution in [0.4, 0.5) is 0 Å². The van der Waals surface area contributed by atoms with Crippen LogP contribution in [0, 0.1) is 0 Å². The van der Waals surface area contributed by atoms with Gasteiger partial charge in [-0.05, 0) is 13.0 Å². The summed E-state index contributed by atoms with van der Waals surface area (Å²) in [6.45, 7) is 5.08. The molecule has 5 heteroatoms. The second kappa shape index (κ2) is 7.82. The summed E-state index contributed by atoms with van der Waals surface area (Å²) in [5.41, 5.74) is 5.38. The lowest BCUT2D eigenvalue weighted by Crippen LogP contribution is -2.34. The van der Waals surface area contributed by atoms with Gasteiger partial charge in [-0.1, -0.05) is 12.1 Å². The summed E-state index contributed by atoms with van der Waals surface area (Å²) >= 11 is 0. The second-order valence-corrected chi connectivity index (χ2v) is 2.81. The van der Waals surface area contributed by atoms with Crippen LogP contribution in [-0.4, -0.2) is 49.3 Å². The van der Waals surface area contributed by atoms with Crippen molar-refractivity contribution in [2.45, 2.75) is 13.3 Å². The number of nitrogens with two attached hydrogens (primary N) is 1. The van der Waals surface area contributed by atoms with E-state index in [9.17, 15) is 0 Å². The number of methoxy groups -OCH3 is 1. The Balaban J connectivity index is 3.63. The first-order chi connectivity index (χ1) is 6.24. The van der Waals surface area contributed by atoms with Crippen molar-refractivity contribution in [3.8, 4) is 0 Å². The van der Waals surface area contributed by atoms with E-state index in [0.717, 1.165) is 26.1 Å². The average Bonchev–Trinajstić information content (AvgIpc) is 2.16. The maximum absolute atomic E-state index is 8.36. The van der Waals surface area contributed by atoms with Crippen molar-refractivity contribution in [3.05, 3.63) is 0 Å². The molecule has 0 bridgehead atoms. The number of likely N-dealkylation sites (N-methyl/N-ethyl adjacent to an activating group) is 1. The smallest absolute Gasteiger partial charge is 0.153 e. The van der Waals surface area contributed by atoms with Gasteiger partial charge in [0.05, 0.1) is 6.54 Å². The molecule has 0 unspecified atom stereocenters. The summed E-state index contributed by atoms with van der Waals surface area (Å²) in [4.78, 5) is 2.09. The maximum Gasteiger partial charge on any atom is 0.153 e. The molecule has 0 aromatic heterocycles. The highest BCUT2D eigenvalue weighted by Gasteiger charge is 2.03. The molecule has 78 valence electrons. The van der Waals surface area contributed by atoms with Crippen molar-refractivity contribution in [2.24, 2.45) is 10.9 Å². The lowest BCUT2D eigenvalue weighted by atomic mass is 10.3. The van der Waals surface area contributed by atoms with Crippen LogP contribution < -0.4 is 5.73 Å². The number of rotatable bonds is 7. The molecule has 0 saturated carbocycles. The minimum atomic E-state index is 0.249. The number of ether oxygens (including phenoxy) is 1. The Bertz CT molecular complexity index is 150. The van der Waals surface area contributed by atoms with E-state index >= 15 is 0 Å². The van der Waals surface area contributed by atoms with Gasteiger partial charge >= 0.3 is 0 Å². The highest BCUT2D eigenvalue weighted by molar-refractivity contribution is 5.81. The van der Waals surface area contributed by atoms with E-state index in [1.165, 1.54) is 0 Å². The lowest BCUT2D eigenvalue weighted by molar-refractivity contribution is 0.178. The Morgan fingerprint density at radius 3 is 2.77 bits per heavy atom. The molecule has 0 atom stereocenters. The van der Waals surface area contributed by atoms with Crippen LogP contribution in [0.1, 0.15) is 13.3 Å². The largest absolute Gasteiger partial charge is 0.409 e. The van der Waals surface area contributed by atoms with E-state index in [0.29, 0.717) is 6.54 Å². The third kappa shape index (κ3) is 6.36. The maximum atomic E-state index is 8.36. The standard InChI is InChI=1S/C8H19N3O2/c1-3-11(5-4-6-13-2)7-8(9)10-12/h12H,3-7H2,1-2H3,(H2,9,10). The SMILES string of the molecule is CCN(CCCOC)CC(N)=NO. The topological polar surface area (TPSA) is 71.1 Å². The van der Waals surface area contributed by atoms with Crippen LogP contribution >= 0.6 is 0 Å². The van der Waals surface area contributed by atoms with Gasteiger partial charge in [-0.3, -0.25) is 4.90 Å². The van der Waals surface area contributed by atoms with Gasteiger partial charge in [-0.15, -0.1) is 0 Å². The van der Waals surface area contributed by atoms with Crippen LogP contribution in [0.25, 0.3) is 0 Å². The zero-order valence-corrected chi connectivity index (χ0v) is 8.36. The molecule has 5 nitrogen and oxygen atoms in total. The highest BCUT2D eigenvalue weighted by Crippen LogP contribution is 1.91. The molecular weight excluding hydrogens is 170 g/mol. The summed E-state index contributed by atoms with van der Waals surface area (Å²) in [5, 5.41) is 11.3. The van der Waals surface area contributed by atoms with Gasteiger partial charge in [0.2, 0.25) is 0 Å². The Morgan fingerprint density at radius 1 is 1.62 bits per heavy atom. The third-order valence-electron chi connectivity index (χ3n) is 1.78. The molecule has 0 rings (SSSR count). The number of hydrogen-bond acceptors (Lipinski definition) is 4. The number of amidine groups is 1. The molecule has 0 heterocycles. The summed E-state index contributed by atoms with van der Waals surface area (Å²) in [7, 11) is 1.68. The zero-order valence-electron chi connectivity index (χ0n) is 8.36. The first-order valence-electron chi connectivity index (χ1n) is 4.42. The molecule has 0 saturated heterocycles. The summed E-state index contributed by atoms with van der Waals surface area (Å²) in [6, 6.07) is 0. The van der Waals surface area contributed by atoms with Gasteiger partial charge < -0.3 is 15.7 Å². The Hall–Kier alpha value is -0.810. The molecule has 0 fully saturated rings. The van der Waals surface area contributed by atoms with Crippen molar-refractivity contribution in [3.63, 3.8) is 0 Å². The summed E-state index contributed by atoms with van der Waals surface area (Å²) in [6.07, 6.45) is 0.961. The molecule has 3 N–H and O–H groups in total. The van der Waals surface area contributed by atoms with Crippen LogP contribution in [0.2, 0.25) is 0 Å². The molecule has 0 aliphatic heterocycles. The normalized spacial score (nSPS) is 12.4. The second-order valence-electron chi connectivity index (χ2n) is 2.81. The van der Waals surface area contributed by atoms with Gasteiger partial charge in [0.1, 0.15) is 0 Å². The lowest BCUT2D eigenvalue weighted by Gasteiger charge is -2.18. The van der Waals surface area contributed by atoms with Crippen molar-refractivity contribution >= 4 is 5.84 Å². The van der Waals surface area contributed by atoms with Gasteiger partial charge in [-0.2, -0.15) is 0 Å². The average molecular weight is 189 g/mol. The van der Waals surface area contributed by atoms with Crippen LogP contribution in [0.15, 0.2) is 5.16 Å². The van der Waals surface area contributed by atoms with Crippen LogP contribution in [-0.2, 0) is 4.74 Å². The van der Waals surface area contributed by atoms with E-state index < -0.39 is 0 Å². The quantitative estimate of drug-likeness (QED) is 0.196. The predicted molar refractivity (Wildman–Crippen MR) is 52.0 cm³/mol. The molecular formula is C8H19N3O2. The summed E-state index contributed by atoms with van der Waals surface area (Å²) < 4.78 is 4.93. The molecule has 0 amide bonds. The zero-order chi connectivity index (χ0) is 10.1. The minimum absolute atomic E-state index is 0.249. The van der Waals surface area contributed by atoms with Gasteiger partial charge in [-0.25, -0.2) is 0 Å². The van der Waals surface area contributed by atoms with Crippen LogP contribution in [0.5, 0.6) is 0 Å². The fraction of sp³-hybridized carbons (Fsp3) is 0.875. The number of oxime groups is 1. The molecule has 13 heavy (non-hydrogen) atoms.